The van der Waals surface area contributed by atoms with Gasteiger partial charge in [0.2, 0.25) is 10.0 Å². The van der Waals surface area contributed by atoms with Gasteiger partial charge in [-0.05, 0) is 31.9 Å². The molecule has 1 N–H and O–H groups in total. The zero-order valence-electron chi connectivity index (χ0n) is 9.81. The molecular weight excluding hydrogens is 236 g/mol. The Bertz CT molecular complexity index is 486. The van der Waals surface area contributed by atoms with Gasteiger partial charge >= 0.3 is 0 Å². The minimum Gasteiger partial charge on any atom is -0.211 e. The zero-order chi connectivity index (χ0) is 12.7. The molecule has 0 radical (unpaired) electrons. The molecule has 0 spiro atoms. The molecule has 0 heterocycles. The monoisotopic (exact) mass is 252 g/mol. The molecule has 0 aromatic heterocycles. The van der Waals surface area contributed by atoms with Gasteiger partial charge < -0.3 is 0 Å². The largest absolute Gasteiger partial charge is 0.240 e. The molecule has 17 heavy (non-hydrogen) atoms. The number of aryl methyl sites for hydroxylation is 1. The summed E-state index contributed by atoms with van der Waals surface area (Å²) in [4.78, 5) is 0.281. The lowest BCUT2D eigenvalue weighted by atomic mass is 10.2. The summed E-state index contributed by atoms with van der Waals surface area (Å²) in [5, 5.41) is 8.34. The van der Waals surface area contributed by atoms with E-state index in [1.165, 1.54) is 0 Å². The summed E-state index contributed by atoms with van der Waals surface area (Å²) in [5.41, 5.74) is 1.03. The molecule has 1 rings (SSSR count). The van der Waals surface area contributed by atoms with Crippen LogP contribution in [0.5, 0.6) is 0 Å². The minimum atomic E-state index is -3.40. The molecule has 0 amide bonds. The molecule has 1 aromatic rings. The predicted octanol–water partition coefficient (Wildman–Crippen LogP) is 1.97. The Morgan fingerprint density at radius 1 is 1.24 bits per heavy atom. The van der Waals surface area contributed by atoms with E-state index in [1.807, 2.05) is 13.0 Å². The lowest BCUT2D eigenvalue weighted by molar-refractivity contribution is 0.577. The lowest BCUT2D eigenvalue weighted by Crippen LogP contribution is -2.24. The summed E-state index contributed by atoms with van der Waals surface area (Å²) in [6, 6.07) is 8.74. The van der Waals surface area contributed by atoms with Crippen LogP contribution in [-0.2, 0) is 10.0 Å². The Morgan fingerprint density at radius 3 is 2.47 bits per heavy atom. The molecule has 0 saturated carbocycles. The summed E-state index contributed by atoms with van der Waals surface area (Å²) in [6.45, 7) is 2.28. The van der Waals surface area contributed by atoms with Gasteiger partial charge in [-0.1, -0.05) is 17.7 Å². The van der Waals surface area contributed by atoms with Crippen LogP contribution in [0, 0.1) is 18.3 Å². The van der Waals surface area contributed by atoms with Crippen molar-refractivity contribution in [1.82, 2.24) is 4.72 Å². The second-order valence-electron chi connectivity index (χ2n) is 3.83. The fourth-order valence-electron chi connectivity index (χ4n) is 1.34. The van der Waals surface area contributed by atoms with Gasteiger partial charge in [0.15, 0.2) is 0 Å². The maximum atomic E-state index is 11.8. The normalized spacial score (nSPS) is 11.1. The van der Waals surface area contributed by atoms with Crippen molar-refractivity contribution in [2.45, 2.75) is 31.1 Å². The predicted molar refractivity (Wildman–Crippen MR) is 65.8 cm³/mol. The average molecular weight is 252 g/mol. The van der Waals surface area contributed by atoms with E-state index in [1.54, 1.807) is 24.3 Å². The highest BCUT2D eigenvalue weighted by Crippen LogP contribution is 2.09. The highest BCUT2D eigenvalue weighted by molar-refractivity contribution is 7.89. The molecule has 4 nitrogen and oxygen atoms in total. The van der Waals surface area contributed by atoms with Crippen LogP contribution in [-0.4, -0.2) is 15.0 Å². The Hall–Kier alpha value is -1.38. The first-order valence-electron chi connectivity index (χ1n) is 5.49. The molecule has 5 heteroatoms. The Labute approximate surface area is 102 Å². The van der Waals surface area contributed by atoms with Gasteiger partial charge in [-0.15, -0.1) is 0 Å². The fraction of sp³-hybridized carbons (Fsp3) is 0.417. The van der Waals surface area contributed by atoms with Crippen LogP contribution in [0.3, 0.4) is 0 Å². The highest BCUT2D eigenvalue weighted by Gasteiger charge is 2.12. The first kappa shape index (κ1) is 13.7. The van der Waals surface area contributed by atoms with Gasteiger partial charge in [-0.2, -0.15) is 5.26 Å². The molecule has 1 aromatic carbocycles. The summed E-state index contributed by atoms with van der Waals surface area (Å²) in [5.74, 6) is 0. The third-order valence-electron chi connectivity index (χ3n) is 2.34. The summed E-state index contributed by atoms with van der Waals surface area (Å²) < 4.78 is 26.1. The Kier molecular flexibility index (Phi) is 5.13. The number of sulfonamides is 1. The van der Waals surface area contributed by atoms with Gasteiger partial charge in [0.1, 0.15) is 0 Å². The average Bonchev–Trinajstić information content (AvgIpc) is 2.29. The maximum absolute atomic E-state index is 11.8. The SMILES string of the molecule is Cc1ccc(S(=O)(=O)NCCCCC#N)cc1. The van der Waals surface area contributed by atoms with E-state index in [0.29, 0.717) is 25.8 Å². The molecule has 0 saturated heterocycles. The molecule has 0 aliphatic rings. The van der Waals surface area contributed by atoms with E-state index in [2.05, 4.69) is 4.72 Å². The Balaban J connectivity index is 2.52. The van der Waals surface area contributed by atoms with E-state index in [-0.39, 0.29) is 4.90 Å². The van der Waals surface area contributed by atoms with Crippen LogP contribution in [0.4, 0.5) is 0 Å². The quantitative estimate of drug-likeness (QED) is 0.787. The van der Waals surface area contributed by atoms with E-state index in [9.17, 15) is 8.42 Å². The van der Waals surface area contributed by atoms with Crippen molar-refractivity contribution in [3.8, 4) is 6.07 Å². The smallest absolute Gasteiger partial charge is 0.211 e. The summed E-state index contributed by atoms with van der Waals surface area (Å²) >= 11 is 0. The zero-order valence-corrected chi connectivity index (χ0v) is 10.6. The first-order chi connectivity index (χ1) is 8.06. The summed E-state index contributed by atoms with van der Waals surface area (Å²) in [6.07, 6.45) is 1.86. The molecule has 0 bridgehead atoms. The van der Waals surface area contributed by atoms with Crippen molar-refractivity contribution in [1.29, 1.82) is 5.26 Å². The van der Waals surface area contributed by atoms with Crippen LogP contribution in [0.1, 0.15) is 24.8 Å². The molecule has 92 valence electrons. The van der Waals surface area contributed by atoms with Crippen molar-refractivity contribution < 1.29 is 8.42 Å². The Morgan fingerprint density at radius 2 is 1.88 bits per heavy atom. The number of hydrogen-bond acceptors (Lipinski definition) is 3. The van der Waals surface area contributed by atoms with E-state index >= 15 is 0 Å². The lowest BCUT2D eigenvalue weighted by Gasteiger charge is -2.06. The summed E-state index contributed by atoms with van der Waals surface area (Å²) in [7, 11) is -3.40. The molecule has 0 aliphatic carbocycles. The van der Waals surface area contributed by atoms with Gasteiger partial charge in [0.25, 0.3) is 0 Å². The minimum absolute atomic E-state index is 0.281. The van der Waals surface area contributed by atoms with Crippen LogP contribution < -0.4 is 4.72 Å². The van der Waals surface area contributed by atoms with Gasteiger partial charge in [-0.3, -0.25) is 0 Å². The van der Waals surface area contributed by atoms with Gasteiger partial charge in [0.05, 0.1) is 11.0 Å². The molecular formula is C12H16N2O2S. The first-order valence-corrected chi connectivity index (χ1v) is 6.98. The van der Waals surface area contributed by atoms with Crippen LogP contribution >= 0.6 is 0 Å². The van der Waals surface area contributed by atoms with E-state index in [0.717, 1.165) is 5.56 Å². The molecule has 0 unspecified atom stereocenters. The number of nitriles is 1. The van der Waals surface area contributed by atoms with E-state index < -0.39 is 10.0 Å². The third kappa shape index (κ3) is 4.55. The van der Waals surface area contributed by atoms with Crippen molar-refractivity contribution in [2.75, 3.05) is 6.54 Å². The molecule has 0 atom stereocenters. The van der Waals surface area contributed by atoms with Crippen LogP contribution in [0.15, 0.2) is 29.2 Å². The number of hydrogen-bond donors (Lipinski definition) is 1. The number of benzene rings is 1. The second-order valence-corrected chi connectivity index (χ2v) is 5.59. The molecule has 0 fully saturated rings. The number of unbranched alkanes of at least 4 members (excludes halogenated alkanes) is 2. The van der Waals surface area contributed by atoms with Crippen LogP contribution in [0.25, 0.3) is 0 Å². The van der Waals surface area contributed by atoms with Crippen molar-refractivity contribution in [2.24, 2.45) is 0 Å². The second kappa shape index (κ2) is 6.38. The standard InChI is InChI=1S/C12H16N2O2S/c1-11-5-7-12(8-6-11)17(15,16)14-10-4-2-3-9-13/h5-8,14H,2-4,10H2,1H3. The van der Waals surface area contributed by atoms with Crippen molar-refractivity contribution in [3.05, 3.63) is 29.8 Å². The number of nitrogens with one attached hydrogen (secondary N) is 1. The third-order valence-corrected chi connectivity index (χ3v) is 3.82. The van der Waals surface area contributed by atoms with Crippen molar-refractivity contribution in [3.63, 3.8) is 0 Å². The fourth-order valence-corrected chi connectivity index (χ4v) is 2.41. The van der Waals surface area contributed by atoms with E-state index in [4.69, 9.17) is 5.26 Å². The highest BCUT2D eigenvalue weighted by atomic mass is 32.2. The molecule has 0 aliphatic heterocycles. The van der Waals surface area contributed by atoms with Crippen LogP contribution in [0.2, 0.25) is 0 Å². The van der Waals surface area contributed by atoms with Gasteiger partial charge in [0, 0.05) is 13.0 Å². The topological polar surface area (TPSA) is 70.0 Å². The van der Waals surface area contributed by atoms with Gasteiger partial charge in [-0.25, -0.2) is 13.1 Å². The number of rotatable bonds is 6. The number of nitrogens with zero attached hydrogens (tertiary/aromatic N) is 1. The maximum Gasteiger partial charge on any atom is 0.240 e. The van der Waals surface area contributed by atoms with Crippen molar-refractivity contribution >= 4 is 10.0 Å².